The first-order valence-electron chi connectivity index (χ1n) is 6.76. The number of hydrogen-bond donors (Lipinski definition) is 2. The molecule has 2 rings (SSSR count). The van der Waals surface area contributed by atoms with Crippen LogP contribution in [0, 0.1) is 17.7 Å². The predicted molar refractivity (Wildman–Crippen MR) is 70.9 cm³/mol. The zero-order valence-corrected chi connectivity index (χ0v) is 11.8. The molecule has 1 fully saturated rings. The number of halogens is 4. The van der Waals surface area contributed by atoms with E-state index in [1.807, 2.05) is 0 Å². The van der Waals surface area contributed by atoms with Crippen LogP contribution < -0.4 is 5.32 Å². The molecule has 1 aromatic carbocycles. The summed E-state index contributed by atoms with van der Waals surface area (Å²) in [6.45, 7) is -1.47. The van der Waals surface area contributed by atoms with Crippen molar-refractivity contribution in [2.45, 2.75) is 12.7 Å². The van der Waals surface area contributed by atoms with Crippen LogP contribution in [0.15, 0.2) is 24.3 Å². The van der Waals surface area contributed by atoms with Gasteiger partial charge in [0.05, 0.1) is 11.8 Å². The highest BCUT2D eigenvalue weighted by Crippen LogP contribution is 2.37. The molecular formula is C14H14F4N2O3. The molecule has 1 aliphatic heterocycles. The molecule has 9 heteroatoms. The van der Waals surface area contributed by atoms with Crippen LogP contribution in [0.25, 0.3) is 0 Å². The van der Waals surface area contributed by atoms with Crippen LogP contribution in [0.4, 0.5) is 22.4 Å². The van der Waals surface area contributed by atoms with Gasteiger partial charge in [-0.2, -0.15) is 13.2 Å². The van der Waals surface area contributed by atoms with Gasteiger partial charge in [-0.15, -0.1) is 0 Å². The number of urea groups is 1. The molecule has 0 spiro atoms. The second kappa shape index (κ2) is 6.43. The van der Waals surface area contributed by atoms with Crippen molar-refractivity contribution in [1.82, 2.24) is 10.2 Å². The third-order valence-corrected chi connectivity index (χ3v) is 3.73. The zero-order chi connectivity index (χ0) is 17.2. The number of carboxylic acid groups (broad SMARTS) is 1. The Morgan fingerprint density at radius 1 is 1.26 bits per heavy atom. The second-order valence-electron chi connectivity index (χ2n) is 5.25. The van der Waals surface area contributed by atoms with E-state index in [-0.39, 0.29) is 12.1 Å². The number of nitrogens with one attached hydrogen (secondary N) is 1. The Morgan fingerprint density at radius 2 is 1.91 bits per heavy atom. The molecule has 1 aromatic rings. The minimum Gasteiger partial charge on any atom is -0.481 e. The zero-order valence-electron chi connectivity index (χ0n) is 11.8. The van der Waals surface area contributed by atoms with Crippen LogP contribution in [-0.2, 0) is 11.3 Å². The van der Waals surface area contributed by atoms with Crippen molar-refractivity contribution in [2.75, 3.05) is 13.1 Å². The first-order chi connectivity index (χ1) is 10.7. The Labute approximate surface area is 128 Å². The highest BCUT2D eigenvalue weighted by atomic mass is 19.4. The van der Waals surface area contributed by atoms with E-state index in [4.69, 9.17) is 5.11 Å². The molecule has 1 saturated heterocycles. The van der Waals surface area contributed by atoms with Crippen molar-refractivity contribution >= 4 is 12.0 Å². The highest BCUT2D eigenvalue weighted by molar-refractivity contribution is 5.77. The largest absolute Gasteiger partial charge is 0.481 e. The third kappa shape index (κ3) is 3.91. The molecule has 0 radical (unpaired) electrons. The number of hydrogen-bond acceptors (Lipinski definition) is 2. The van der Waals surface area contributed by atoms with Gasteiger partial charge in [-0.3, -0.25) is 4.79 Å². The maximum absolute atomic E-state index is 13.4. The normalized spacial score (nSPS) is 21.3. The Kier molecular flexibility index (Phi) is 4.76. The number of rotatable bonds is 3. The topological polar surface area (TPSA) is 69.6 Å². The van der Waals surface area contributed by atoms with Gasteiger partial charge in [-0.1, -0.05) is 18.2 Å². The maximum atomic E-state index is 13.4. The van der Waals surface area contributed by atoms with Crippen LogP contribution in [-0.4, -0.2) is 41.3 Å². The lowest BCUT2D eigenvalue weighted by Gasteiger charge is -2.18. The van der Waals surface area contributed by atoms with Gasteiger partial charge in [0.1, 0.15) is 5.82 Å². The average Bonchev–Trinajstić information content (AvgIpc) is 2.91. The van der Waals surface area contributed by atoms with E-state index in [1.165, 1.54) is 18.2 Å². The lowest BCUT2D eigenvalue weighted by atomic mass is 9.96. The van der Waals surface area contributed by atoms with Gasteiger partial charge in [0, 0.05) is 25.2 Å². The van der Waals surface area contributed by atoms with Crippen molar-refractivity contribution in [3.63, 3.8) is 0 Å². The molecule has 0 aromatic heterocycles. The van der Waals surface area contributed by atoms with E-state index in [1.54, 1.807) is 6.07 Å². The van der Waals surface area contributed by atoms with Gasteiger partial charge in [0.15, 0.2) is 0 Å². The van der Waals surface area contributed by atoms with Crippen molar-refractivity contribution < 1.29 is 32.3 Å². The Bertz CT molecular complexity index is 606. The third-order valence-electron chi connectivity index (χ3n) is 3.73. The van der Waals surface area contributed by atoms with Crippen molar-refractivity contribution in [3.8, 4) is 0 Å². The summed E-state index contributed by atoms with van der Waals surface area (Å²) in [6, 6.07) is 4.79. The van der Waals surface area contributed by atoms with Crippen LogP contribution in [0.5, 0.6) is 0 Å². The summed E-state index contributed by atoms with van der Waals surface area (Å²) in [4.78, 5) is 23.6. The molecule has 0 bridgehead atoms. The quantitative estimate of drug-likeness (QED) is 0.833. The number of nitrogens with zero attached hydrogens (tertiary/aromatic N) is 1. The Balaban J connectivity index is 2.01. The highest BCUT2D eigenvalue weighted by Gasteiger charge is 2.53. The van der Waals surface area contributed by atoms with Crippen LogP contribution >= 0.6 is 0 Å². The fourth-order valence-corrected chi connectivity index (χ4v) is 2.48. The van der Waals surface area contributed by atoms with Gasteiger partial charge >= 0.3 is 18.2 Å². The summed E-state index contributed by atoms with van der Waals surface area (Å²) in [5, 5.41) is 11.2. The van der Waals surface area contributed by atoms with Crippen molar-refractivity contribution in [3.05, 3.63) is 35.6 Å². The molecule has 23 heavy (non-hydrogen) atoms. The number of carboxylic acids is 1. The van der Waals surface area contributed by atoms with Gasteiger partial charge in [0.25, 0.3) is 0 Å². The van der Waals surface area contributed by atoms with Gasteiger partial charge in [-0.25, -0.2) is 9.18 Å². The molecule has 1 aliphatic rings. The van der Waals surface area contributed by atoms with Crippen molar-refractivity contribution in [1.29, 1.82) is 0 Å². The fraction of sp³-hybridized carbons (Fsp3) is 0.429. The number of carbonyl (C=O) groups is 2. The van der Waals surface area contributed by atoms with Crippen LogP contribution in [0.3, 0.4) is 0 Å². The first kappa shape index (κ1) is 17.0. The van der Waals surface area contributed by atoms with Gasteiger partial charge in [0.2, 0.25) is 0 Å². The number of amides is 2. The second-order valence-corrected chi connectivity index (χ2v) is 5.25. The molecule has 0 unspecified atom stereocenters. The van der Waals surface area contributed by atoms with E-state index < -0.39 is 48.9 Å². The standard InChI is InChI=1S/C14H14F4N2O3/c15-11-4-2-1-3-8(11)5-19-13(23)20-6-9(12(21)22)10(7-20)14(16,17)18/h1-4,9-10H,5-7H2,(H,19,23)(H,21,22)/t9-,10-/m1/s1. The Morgan fingerprint density at radius 3 is 2.43 bits per heavy atom. The van der Waals surface area contributed by atoms with E-state index in [9.17, 15) is 27.2 Å². The molecular weight excluding hydrogens is 320 g/mol. The minimum atomic E-state index is -4.70. The summed E-state index contributed by atoms with van der Waals surface area (Å²) in [6.07, 6.45) is -4.70. The minimum absolute atomic E-state index is 0.183. The molecule has 0 aliphatic carbocycles. The van der Waals surface area contributed by atoms with E-state index in [0.29, 0.717) is 0 Å². The lowest BCUT2D eigenvalue weighted by Crippen LogP contribution is -2.39. The van der Waals surface area contributed by atoms with Crippen LogP contribution in [0.1, 0.15) is 5.56 Å². The van der Waals surface area contributed by atoms with Crippen molar-refractivity contribution in [2.24, 2.45) is 11.8 Å². The lowest BCUT2D eigenvalue weighted by molar-refractivity contribution is -0.187. The molecule has 1 heterocycles. The summed E-state index contributed by atoms with van der Waals surface area (Å²) in [5.74, 6) is -5.96. The monoisotopic (exact) mass is 334 g/mol. The fourth-order valence-electron chi connectivity index (χ4n) is 2.48. The SMILES string of the molecule is O=C(O)[C@@H]1CN(C(=O)NCc2ccccc2F)C[C@H]1C(F)(F)F. The number of likely N-dealkylation sites (tertiary alicyclic amines) is 1. The predicted octanol–water partition coefficient (Wildman–Crippen LogP) is 2.23. The van der Waals surface area contributed by atoms with Gasteiger partial charge < -0.3 is 15.3 Å². The van der Waals surface area contributed by atoms with E-state index in [2.05, 4.69) is 5.32 Å². The summed E-state index contributed by atoms with van der Waals surface area (Å²) in [7, 11) is 0. The Hall–Kier alpha value is -2.32. The smallest absolute Gasteiger partial charge is 0.394 e. The summed E-state index contributed by atoms with van der Waals surface area (Å²) < 4.78 is 51.9. The summed E-state index contributed by atoms with van der Waals surface area (Å²) in [5.41, 5.74) is 0.183. The number of aliphatic carboxylic acids is 1. The van der Waals surface area contributed by atoms with E-state index in [0.717, 1.165) is 4.90 Å². The first-order valence-corrected chi connectivity index (χ1v) is 6.76. The molecule has 5 nitrogen and oxygen atoms in total. The van der Waals surface area contributed by atoms with Gasteiger partial charge in [-0.05, 0) is 6.07 Å². The molecule has 2 atom stereocenters. The molecule has 2 amide bonds. The maximum Gasteiger partial charge on any atom is 0.394 e. The number of carbonyl (C=O) groups excluding carboxylic acids is 1. The molecule has 2 N–H and O–H groups in total. The molecule has 0 saturated carbocycles. The number of alkyl halides is 3. The number of benzene rings is 1. The summed E-state index contributed by atoms with van der Waals surface area (Å²) >= 11 is 0. The van der Waals surface area contributed by atoms with Crippen LogP contribution in [0.2, 0.25) is 0 Å². The average molecular weight is 334 g/mol. The van der Waals surface area contributed by atoms with E-state index >= 15 is 0 Å². The molecule has 126 valence electrons.